The van der Waals surface area contributed by atoms with Crippen LogP contribution in [-0.2, 0) is 0 Å². The normalized spacial score (nSPS) is 10.4. The molecule has 0 amide bonds. The van der Waals surface area contributed by atoms with Crippen LogP contribution in [0.1, 0.15) is 0 Å². The third kappa shape index (κ3) is 1.99. The number of hydrogen-bond acceptors (Lipinski definition) is 3. The lowest BCUT2D eigenvalue weighted by molar-refractivity contribution is 0.976. The molecule has 0 radical (unpaired) electrons. The molecule has 0 fully saturated rings. The van der Waals surface area contributed by atoms with Gasteiger partial charge >= 0.3 is 0 Å². The first-order chi connectivity index (χ1) is 6.79. The van der Waals surface area contributed by atoms with Gasteiger partial charge in [0.1, 0.15) is 0 Å². The molecule has 0 aliphatic rings. The van der Waals surface area contributed by atoms with Gasteiger partial charge in [0.2, 0.25) is 5.16 Å². The Kier molecular flexibility index (Phi) is 2.88. The van der Waals surface area contributed by atoms with Crippen LogP contribution < -0.4 is 0 Å². The van der Waals surface area contributed by atoms with Gasteiger partial charge < -0.3 is 0 Å². The third-order valence-electron chi connectivity index (χ3n) is 1.77. The fourth-order valence-electron chi connectivity index (χ4n) is 1.07. The van der Waals surface area contributed by atoms with Crippen molar-refractivity contribution < 1.29 is 0 Å². The van der Waals surface area contributed by atoms with Crippen molar-refractivity contribution in [1.82, 2.24) is 15.2 Å². The maximum absolute atomic E-state index is 4.31. The standard InChI is InChI=1S/C9H8BrN3S/c1-14-9-11-8(12-13-9)6-2-4-7(10)5-3-6/h2-5H,1H3,(H,11,12,13). The average molecular weight is 270 g/mol. The highest BCUT2D eigenvalue weighted by Crippen LogP contribution is 2.19. The van der Waals surface area contributed by atoms with Gasteiger partial charge in [-0.3, -0.25) is 5.10 Å². The predicted molar refractivity (Wildman–Crippen MR) is 61.3 cm³/mol. The lowest BCUT2D eigenvalue weighted by atomic mass is 10.2. The maximum atomic E-state index is 4.31. The Bertz CT molecular complexity index is 424. The molecule has 0 atom stereocenters. The summed E-state index contributed by atoms with van der Waals surface area (Å²) < 4.78 is 1.06. The van der Waals surface area contributed by atoms with Crippen molar-refractivity contribution in [3.63, 3.8) is 0 Å². The molecule has 1 heterocycles. The topological polar surface area (TPSA) is 41.6 Å². The van der Waals surface area contributed by atoms with Crippen molar-refractivity contribution in [3.8, 4) is 11.4 Å². The minimum atomic E-state index is 0.767. The van der Waals surface area contributed by atoms with E-state index in [1.165, 1.54) is 11.8 Å². The summed E-state index contributed by atoms with van der Waals surface area (Å²) in [6.45, 7) is 0. The first kappa shape index (κ1) is 9.73. The van der Waals surface area contributed by atoms with Crippen LogP contribution in [0.5, 0.6) is 0 Å². The van der Waals surface area contributed by atoms with E-state index in [2.05, 4.69) is 31.1 Å². The predicted octanol–water partition coefficient (Wildman–Crippen LogP) is 2.96. The van der Waals surface area contributed by atoms with E-state index in [4.69, 9.17) is 0 Å². The number of hydrogen-bond donors (Lipinski definition) is 1. The highest BCUT2D eigenvalue weighted by molar-refractivity contribution is 9.10. The van der Waals surface area contributed by atoms with E-state index in [9.17, 15) is 0 Å². The molecule has 0 aliphatic carbocycles. The van der Waals surface area contributed by atoms with Crippen LogP contribution in [0.3, 0.4) is 0 Å². The fraction of sp³-hybridized carbons (Fsp3) is 0.111. The summed E-state index contributed by atoms with van der Waals surface area (Å²) in [5.41, 5.74) is 1.04. The summed E-state index contributed by atoms with van der Waals surface area (Å²) in [4.78, 5) is 4.31. The SMILES string of the molecule is CSc1n[nH]c(-c2ccc(Br)cc2)n1. The number of aromatic amines is 1. The molecule has 0 saturated heterocycles. The number of H-pyrrole nitrogens is 1. The maximum Gasteiger partial charge on any atom is 0.208 e. The Morgan fingerprint density at radius 1 is 1.29 bits per heavy atom. The number of nitrogens with one attached hydrogen (secondary N) is 1. The smallest absolute Gasteiger partial charge is 0.208 e. The zero-order chi connectivity index (χ0) is 9.97. The molecule has 3 nitrogen and oxygen atoms in total. The van der Waals surface area contributed by atoms with E-state index >= 15 is 0 Å². The molecule has 5 heteroatoms. The lowest BCUT2D eigenvalue weighted by Gasteiger charge is -1.94. The molecule has 2 aromatic rings. The average Bonchev–Trinajstić information content (AvgIpc) is 2.67. The van der Waals surface area contributed by atoms with Gasteiger partial charge in [-0.15, -0.1) is 5.10 Å². The number of halogens is 1. The third-order valence-corrected chi connectivity index (χ3v) is 2.84. The van der Waals surface area contributed by atoms with Gasteiger partial charge in [-0.25, -0.2) is 4.98 Å². The molecule has 2 rings (SSSR count). The van der Waals surface area contributed by atoms with Crippen LogP contribution in [-0.4, -0.2) is 21.4 Å². The number of nitrogens with zero attached hydrogens (tertiary/aromatic N) is 2. The zero-order valence-electron chi connectivity index (χ0n) is 7.49. The Morgan fingerprint density at radius 3 is 2.57 bits per heavy atom. The van der Waals surface area contributed by atoms with Gasteiger partial charge in [0.25, 0.3) is 0 Å². The second kappa shape index (κ2) is 4.14. The molecule has 14 heavy (non-hydrogen) atoms. The van der Waals surface area contributed by atoms with Crippen molar-refractivity contribution in [1.29, 1.82) is 0 Å². The Hall–Kier alpha value is -0.810. The molecular weight excluding hydrogens is 262 g/mol. The molecule has 0 saturated carbocycles. The molecular formula is C9H8BrN3S. The molecule has 0 bridgehead atoms. The molecule has 1 N–H and O–H groups in total. The van der Waals surface area contributed by atoms with E-state index in [0.717, 1.165) is 21.0 Å². The molecule has 1 aromatic heterocycles. The van der Waals surface area contributed by atoms with Crippen LogP contribution in [0.2, 0.25) is 0 Å². The second-order valence-corrected chi connectivity index (χ2v) is 4.37. The first-order valence-electron chi connectivity index (χ1n) is 4.02. The van der Waals surface area contributed by atoms with Crippen molar-refractivity contribution in [2.45, 2.75) is 5.16 Å². The summed E-state index contributed by atoms with van der Waals surface area (Å²) in [5.74, 6) is 0.807. The minimum absolute atomic E-state index is 0.767. The van der Waals surface area contributed by atoms with Crippen LogP contribution in [0.4, 0.5) is 0 Å². The van der Waals surface area contributed by atoms with Crippen LogP contribution in [0, 0.1) is 0 Å². The van der Waals surface area contributed by atoms with Crippen molar-refractivity contribution in [2.75, 3.05) is 6.26 Å². The van der Waals surface area contributed by atoms with Crippen molar-refractivity contribution in [3.05, 3.63) is 28.7 Å². The van der Waals surface area contributed by atoms with Gasteiger partial charge in [0, 0.05) is 10.0 Å². The van der Waals surface area contributed by atoms with E-state index in [1.807, 2.05) is 30.5 Å². The largest absolute Gasteiger partial charge is 0.258 e. The highest BCUT2D eigenvalue weighted by atomic mass is 79.9. The quantitative estimate of drug-likeness (QED) is 0.853. The first-order valence-corrected chi connectivity index (χ1v) is 6.03. The summed E-state index contributed by atoms with van der Waals surface area (Å²) in [5, 5.41) is 7.71. The zero-order valence-corrected chi connectivity index (χ0v) is 9.89. The number of thioether (sulfide) groups is 1. The monoisotopic (exact) mass is 269 g/mol. The Morgan fingerprint density at radius 2 is 2.00 bits per heavy atom. The Labute approximate surface area is 94.5 Å². The molecule has 1 aromatic carbocycles. The Balaban J connectivity index is 2.34. The van der Waals surface area contributed by atoms with Crippen molar-refractivity contribution >= 4 is 27.7 Å². The van der Waals surface area contributed by atoms with Gasteiger partial charge in [-0.2, -0.15) is 0 Å². The summed E-state index contributed by atoms with van der Waals surface area (Å²) in [6, 6.07) is 7.95. The number of aromatic nitrogens is 3. The molecule has 0 unspecified atom stereocenters. The fourth-order valence-corrected chi connectivity index (χ4v) is 1.66. The second-order valence-electron chi connectivity index (χ2n) is 2.68. The van der Waals surface area contributed by atoms with Crippen LogP contribution in [0.15, 0.2) is 33.9 Å². The van der Waals surface area contributed by atoms with E-state index < -0.39 is 0 Å². The van der Waals surface area contributed by atoms with Crippen LogP contribution in [0.25, 0.3) is 11.4 Å². The minimum Gasteiger partial charge on any atom is -0.258 e. The summed E-state index contributed by atoms with van der Waals surface area (Å²) in [7, 11) is 0. The van der Waals surface area contributed by atoms with E-state index in [-0.39, 0.29) is 0 Å². The van der Waals surface area contributed by atoms with E-state index in [0.29, 0.717) is 0 Å². The summed E-state index contributed by atoms with van der Waals surface area (Å²) >= 11 is 4.91. The lowest BCUT2D eigenvalue weighted by Crippen LogP contribution is -1.79. The number of benzene rings is 1. The highest BCUT2D eigenvalue weighted by Gasteiger charge is 2.03. The molecule has 0 aliphatic heterocycles. The molecule has 0 spiro atoms. The van der Waals surface area contributed by atoms with Gasteiger partial charge in [-0.1, -0.05) is 39.8 Å². The van der Waals surface area contributed by atoms with E-state index in [1.54, 1.807) is 0 Å². The van der Waals surface area contributed by atoms with Crippen molar-refractivity contribution in [2.24, 2.45) is 0 Å². The van der Waals surface area contributed by atoms with Gasteiger partial charge in [0.05, 0.1) is 0 Å². The van der Waals surface area contributed by atoms with Gasteiger partial charge in [-0.05, 0) is 18.4 Å². The summed E-state index contributed by atoms with van der Waals surface area (Å²) in [6.07, 6.45) is 1.95. The number of rotatable bonds is 2. The molecule has 72 valence electrons. The van der Waals surface area contributed by atoms with Crippen LogP contribution >= 0.6 is 27.7 Å². The van der Waals surface area contributed by atoms with Gasteiger partial charge in [0.15, 0.2) is 5.82 Å².